The molecule has 2 N–H and O–H groups in total. The van der Waals surface area contributed by atoms with E-state index in [0.29, 0.717) is 17.6 Å². The molecule has 1 saturated heterocycles. The summed E-state index contributed by atoms with van der Waals surface area (Å²) in [6.07, 6.45) is 4.00. The van der Waals surface area contributed by atoms with Crippen LogP contribution in [0.3, 0.4) is 0 Å². The summed E-state index contributed by atoms with van der Waals surface area (Å²) in [4.78, 5) is 15.6. The second-order valence-corrected chi connectivity index (χ2v) is 4.58. The molecule has 6 heteroatoms. The number of halogens is 1. The lowest BCUT2D eigenvalue weighted by Crippen LogP contribution is -2.44. The van der Waals surface area contributed by atoms with Crippen LogP contribution in [0.15, 0.2) is 11.6 Å². The third-order valence-corrected chi connectivity index (χ3v) is 3.33. The Labute approximate surface area is 105 Å². The minimum atomic E-state index is 0. The van der Waals surface area contributed by atoms with E-state index in [2.05, 4.69) is 15.6 Å². The Morgan fingerprint density at radius 1 is 1.69 bits per heavy atom. The molecule has 1 aromatic heterocycles. The van der Waals surface area contributed by atoms with Crippen LogP contribution in [-0.4, -0.2) is 36.4 Å². The highest BCUT2D eigenvalue weighted by atomic mass is 35.5. The van der Waals surface area contributed by atoms with E-state index in [1.54, 1.807) is 6.20 Å². The summed E-state index contributed by atoms with van der Waals surface area (Å²) >= 11 is 1.40. The molecule has 0 spiro atoms. The molecule has 1 aromatic rings. The molecule has 16 heavy (non-hydrogen) atoms. The first kappa shape index (κ1) is 13.6. The van der Waals surface area contributed by atoms with Gasteiger partial charge >= 0.3 is 0 Å². The third-order valence-electron chi connectivity index (χ3n) is 2.52. The van der Waals surface area contributed by atoms with Crippen molar-refractivity contribution in [3.05, 3.63) is 16.6 Å². The van der Waals surface area contributed by atoms with E-state index >= 15 is 0 Å². The van der Waals surface area contributed by atoms with E-state index in [1.807, 2.05) is 5.38 Å². The molecule has 0 aliphatic carbocycles. The Hall–Kier alpha value is -0.490. The minimum Gasteiger partial charge on any atom is -0.315 e. The van der Waals surface area contributed by atoms with Gasteiger partial charge < -0.3 is 10.6 Å². The minimum absolute atomic E-state index is 0. The van der Waals surface area contributed by atoms with Crippen LogP contribution in [0.2, 0.25) is 0 Å². The van der Waals surface area contributed by atoms with Gasteiger partial charge in [0.1, 0.15) is 0 Å². The molecule has 1 aliphatic heterocycles. The lowest BCUT2D eigenvalue weighted by atomic mass is 10.1. The average Bonchev–Trinajstić information content (AvgIpc) is 2.81. The fourth-order valence-electron chi connectivity index (χ4n) is 1.70. The van der Waals surface area contributed by atoms with Crippen molar-refractivity contribution in [1.29, 1.82) is 0 Å². The summed E-state index contributed by atoms with van der Waals surface area (Å²) in [5.74, 6) is 0.0931. The predicted octanol–water partition coefficient (Wildman–Crippen LogP) is 1.09. The lowest BCUT2D eigenvalue weighted by molar-refractivity contribution is 0.0985. The number of nitrogens with one attached hydrogen (secondary N) is 2. The zero-order chi connectivity index (χ0) is 10.5. The Bertz CT molecular complexity index is 312. The molecule has 90 valence electrons. The summed E-state index contributed by atoms with van der Waals surface area (Å²) in [6, 6.07) is 0.433. The third kappa shape index (κ3) is 3.83. The van der Waals surface area contributed by atoms with Gasteiger partial charge in [0.05, 0.1) is 6.54 Å². The van der Waals surface area contributed by atoms with E-state index in [-0.39, 0.29) is 18.2 Å². The molecule has 0 radical (unpaired) electrons. The first-order chi connectivity index (χ1) is 7.36. The second kappa shape index (κ2) is 6.96. The first-order valence-corrected chi connectivity index (χ1v) is 6.11. The molecule has 1 atom stereocenters. The molecule has 0 aromatic carbocycles. The molecule has 1 unspecified atom stereocenters. The number of rotatable bonds is 4. The number of hydrogen-bond donors (Lipinski definition) is 2. The largest absolute Gasteiger partial charge is 0.315 e. The number of Topliss-reactive ketones (excluding diaryl/α,β-unsaturated/α-hetero) is 1. The monoisotopic (exact) mass is 261 g/mol. The van der Waals surface area contributed by atoms with Crippen molar-refractivity contribution in [1.82, 2.24) is 15.6 Å². The van der Waals surface area contributed by atoms with Crippen LogP contribution in [0, 0.1) is 0 Å². The number of thiazole rings is 1. The van der Waals surface area contributed by atoms with Crippen LogP contribution in [0.4, 0.5) is 0 Å². The second-order valence-electron chi connectivity index (χ2n) is 3.68. The lowest BCUT2D eigenvalue weighted by Gasteiger charge is -2.23. The topological polar surface area (TPSA) is 54.0 Å². The van der Waals surface area contributed by atoms with Crippen molar-refractivity contribution >= 4 is 29.5 Å². The van der Waals surface area contributed by atoms with Crippen LogP contribution in [-0.2, 0) is 0 Å². The number of carbonyl (C=O) groups is 1. The van der Waals surface area contributed by atoms with Gasteiger partial charge in [-0.25, -0.2) is 4.98 Å². The van der Waals surface area contributed by atoms with Crippen LogP contribution in [0.5, 0.6) is 0 Å². The predicted molar refractivity (Wildman–Crippen MR) is 67.6 cm³/mol. The van der Waals surface area contributed by atoms with Crippen LogP contribution < -0.4 is 10.6 Å². The SMILES string of the molecule is Cl.O=C(CNC1CCCNC1)c1nccs1. The zero-order valence-electron chi connectivity index (χ0n) is 8.94. The highest BCUT2D eigenvalue weighted by Gasteiger charge is 2.14. The molecule has 4 nitrogen and oxygen atoms in total. The first-order valence-electron chi connectivity index (χ1n) is 5.23. The van der Waals surface area contributed by atoms with Crippen molar-refractivity contribution in [2.24, 2.45) is 0 Å². The molecular weight excluding hydrogens is 246 g/mol. The molecule has 1 fully saturated rings. The summed E-state index contributed by atoms with van der Waals surface area (Å²) < 4.78 is 0. The summed E-state index contributed by atoms with van der Waals surface area (Å²) in [5.41, 5.74) is 0. The van der Waals surface area contributed by atoms with Gasteiger partial charge in [0, 0.05) is 24.2 Å². The summed E-state index contributed by atoms with van der Waals surface area (Å²) in [7, 11) is 0. The summed E-state index contributed by atoms with van der Waals surface area (Å²) in [6.45, 7) is 2.46. The maximum absolute atomic E-state index is 11.6. The van der Waals surface area contributed by atoms with Gasteiger partial charge in [0.15, 0.2) is 5.01 Å². The number of nitrogens with zero attached hydrogens (tertiary/aromatic N) is 1. The van der Waals surface area contributed by atoms with Crippen molar-refractivity contribution in [2.75, 3.05) is 19.6 Å². The van der Waals surface area contributed by atoms with Gasteiger partial charge in [-0.05, 0) is 19.4 Å². The Morgan fingerprint density at radius 2 is 2.56 bits per heavy atom. The van der Waals surface area contributed by atoms with Gasteiger partial charge in [-0.15, -0.1) is 23.7 Å². The van der Waals surface area contributed by atoms with E-state index in [9.17, 15) is 4.79 Å². The van der Waals surface area contributed by atoms with Crippen molar-refractivity contribution in [3.63, 3.8) is 0 Å². The highest BCUT2D eigenvalue weighted by molar-refractivity contribution is 7.11. The zero-order valence-corrected chi connectivity index (χ0v) is 10.6. The van der Waals surface area contributed by atoms with E-state index in [1.165, 1.54) is 17.8 Å². The standard InChI is InChI=1S/C10H15N3OS.ClH/c14-9(10-12-4-5-15-10)7-13-8-2-1-3-11-6-8;/h4-5,8,11,13H,1-3,6-7H2;1H. The molecule has 2 heterocycles. The van der Waals surface area contributed by atoms with Crippen molar-refractivity contribution < 1.29 is 4.79 Å². The molecule has 0 saturated carbocycles. The van der Waals surface area contributed by atoms with Gasteiger partial charge in [0.25, 0.3) is 0 Å². The number of piperidine rings is 1. The van der Waals surface area contributed by atoms with Crippen LogP contribution >= 0.6 is 23.7 Å². The van der Waals surface area contributed by atoms with Gasteiger partial charge in [-0.1, -0.05) is 0 Å². The number of carbonyl (C=O) groups excluding carboxylic acids is 1. The Balaban J connectivity index is 0.00000128. The van der Waals surface area contributed by atoms with Crippen LogP contribution in [0.1, 0.15) is 22.6 Å². The fraction of sp³-hybridized carbons (Fsp3) is 0.600. The molecule has 1 aliphatic rings. The summed E-state index contributed by atoms with van der Waals surface area (Å²) in [5, 5.41) is 9.00. The normalized spacial score (nSPS) is 20.1. The van der Waals surface area contributed by atoms with Crippen molar-refractivity contribution in [2.45, 2.75) is 18.9 Å². The van der Waals surface area contributed by atoms with E-state index < -0.39 is 0 Å². The fourth-order valence-corrected chi connectivity index (χ4v) is 2.28. The van der Waals surface area contributed by atoms with E-state index in [0.717, 1.165) is 19.5 Å². The molecule has 0 bridgehead atoms. The highest BCUT2D eigenvalue weighted by Crippen LogP contribution is 2.05. The van der Waals surface area contributed by atoms with Gasteiger partial charge in [0.2, 0.25) is 5.78 Å². The van der Waals surface area contributed by atoms with Gasteiger partial charge in [-0.2, -0.15) is 0 Å². The number of hydrogen-bond acceptors (Lipinski definition) is 5. The van der Waals surface area contributed by atoms with Crippen LogP contribution in [0.25, 0.3) is 0 Å². The van der Waals surface area contributed by atoms with E-state index in [4.69, 9.17) is 0 Å². The van der Waals surface area contributed by atoms with Crippen molar-refractivity contribution in [3.8, 4) is 0 Å². The Morgan fingerprint density at radius 3 is 3.19 bits per heavy atom. The molecule has 2 rings (SSSR count). The maximum Gasteiger partial charge on any atom is 0.205 e. The van der Waals surface area contributed by atoms with Gasteiger partial charge in [-0.3, -0.25) is 4.79 Å². The number of ketones is 1. The average molecular weight is 262 g/mol. The Kier molecular flexibility index (Phi) is 5.90. The molecular formula is C10H16ClN3OS. The maximum atomic E-state index is 11.6. The smallest absolute Gasteiger partial charge is 0.205 e. The molecule has 0 amide bonds. The number of aromatic nitrogens is 1. The quantitative estimate of drug-likeness (QED) is 0.797.